The first-order valence-corrected chi connectivity index (χ1v) is 4.93. The Bertz CT molecular complexity index is 101. The highest BCUT2D eigenvalue weighted by atomic mass is 31.2. The maximum Gasteiger partial charge on any atom is 0.0399 e. The minimum atomic E-state index is -1.64. The summed E-state index contributed by atoms with van der Waals surface area (Å²) in [5.74, 6) is 0. The molecule has 0 aromatic rings. The predicted molar refractivity (Wildman–Crippen MR) is 46.0 cm³/mol. The lowest BCUT2D eigenvalue weighted by Gasteiger charge is -2.40. The van der Waals surface area contributed by atoms with Gasteiger partial charge in [0.05, 0.1) is 0 Å². The highest BCUT2D eigenvalue weighted by molar-refractivity contribution is 7.41. The van der Waals surface area contributed by atoms with Crippen LogP contribution in [0.2, 0.25) is 0 Å². The van der Waals surface area contributed by atoms with Gasteiger partial charge < -0.3 is 9.42 Å². The van der Waals surface area contributed by atoms with Crippen LogP contribution in [0.25, 0.3) is 0 Å². The predicted octanol–water partition coefficient (Wildman–Crippen LogP) is 1.34. The molecule has 0 aromatic carbocycles. The molecule has 0 aromatic heterocycles. The number of nitrogens with zero attached hydrogens (tertiary/aromatic N) is 1. The molecule has 0 aliphatic heterocycles. The molecule has 0 heterocycles. The van der Waals surface area contributed by atoms with E-state index >= 15 is 0 Å². The SMILES string of the molecule is COP([O-])N(C(C)C)C(C)C. The van der Waals surface area contributed by atoms with E-state index in [1.165, 1.54) is 7.11 Å². The average Bonchev–Trinajstić information content (AvgIpc) is 1.85. The lowest BCUT2D eigenvalue weighted by atomic mass is 10.3. The van der Waals surface area contributed by atoms with Gasteiger partial charge in [0.15, 0.2) is 0 Å². The van der Waals surface area contributed by atoms with Gasteiger partial charge in [0.25, 0.3) is 0 Å². The van der Waals surface area contributed by atoms with E-state index in [4.69, 9.17) is 4.52 Å². The lowest BCUT2D eigenvalue weighted by molar-refractivity contribution is -0.193. The van der Waals surface area contributed by atoms with Crippen LogP contribution in [0.4, 0.5) is 0 Å². The maximum absolute atomic E-state index is 11.2. The smallest absolute Gasteiger partial charge is 0.0399 e. The zero-order valence-corrected chi connectivity index (χ0v) is 8.76. The first kappa shape index (κ1) is 11.3. The Balaban J connectivity index is 4.09. The molecular formula is C7H17NO2P-. The summed E-state index contributed by atoms with van der Waals surface area (Å²) in [7, 11) is -0.169. The van der Waals surface area contributed by atoms with E-state index in [-0.39, 0.29) is 12.1 Å². The molecule has 0 radical (unpaired) electrons. The topological polar surface area (TPSA) is 35.5 Å². The van der Waals surface area contributed by atoms with Gasteiger partial charge in [-0.1, -0.05) is 0 Å². The second kappa shape index (κ2) is 5.04. The Morgan fingerprint density at radius 3 is 1.64 bits per heavy atom. The van der Waals surface area contributed by atoms with Crippen molar-refractivity contribution in [1.29, 1.82) is 0 Å². The molecule has 0 spiro atoms. The summed E-state index contributed by atoms with van der Waals surface area (Å²) >= 11 is 0. The molecule has 0 saturated heterocycles. The zero-order chi connectivity index (χ0) is 9.02. The van der Waals surface area contributed by atoms with E-state index in [1.54, 1.807) is 0 Å². The van der Waals surface area contributed by atoms with Crippen molar-refractivity contribution in [2.75, 3.05) is 7.11 Å². The molecule has 0 fully saturated rings. The van der Waals surface area contributed by atoms with Crippen LogP contribution < -0.4 is 4.89 Å². The summed E-state index contributed by atoms with van der Waals surface area (Å²) in [6.45, 7) is 8.02. The molecule has 0 saturated carbocycles. The van der Waals surface area contributed by atoms with Gasteiger partial charge in [-0.15, -0.1) is 0 Å². The van der Waals surface area contributed by atoms with Crippen LogP contribution in [0.15, 0.2) is 0 Å². The second-order valence-electron chi connectivity index (χ2n) is 2.99. The quantitative estimate of drug-likeness (QED) is 0.609. The largest absolute Gasteiger partial charge is 0.796 e. The van der Waals surface area contributed by atoms with E-state index < -0.39 is 8.53 Å². The van der Waals surface area contributed by atoms with E-state index in [9.17, 15) is 4.89 Å². The van der Waals surface area contributed by atoms with Crippen LogP contribution >= 0.6 is 8.53 Å². The molecule has 1 unspecified atom stereocenters. The third-order valence-corrected chi connectivity index (χ3v) is 3.02. The van der Waals surface area contributed by atoms with E-state index in [0.717, 1.165) is 0 Å². The van der Waals surface area contributed by atoms with Crippen molar-refractivity contribution < 1.29 is 9.42 Å². The molecule has 68 valence electrons. The van der Waals surface area contributed by atoms with Crippen LogP contribution in [0.5, 0.6) is 0 Å². The average molecular weight is 178 g/mol. The van der Waals surface area contributed by atoms with Gasteiger partial charge in [-0.05, 0) is 27.7 Å². The van der Waals surface area contributed by atoms with E-state index in [0.29, 0.717) is 0 Å². The Labute approximate surface area is 70.3 Å². The van der Waals surface area contributed by atoms with Crippen LogP contribution in [0.3, 0.4) is 0 Å². The van der Waals surface area contributed by atoms with Crippen molar-refractivity contribution in [3.63, 3.8) is 0 Å². The zero-order valence-electron chi connectivity index (χ0n) is 7.87. The van der Waals surface area contributed by atoms with Crippen molar-refractivity contribution in [2.45, 2.75) is 39.8 Å². The van der Waals surface area contributed by atoms with Gasteiger partial charge in [0, 0.05) is 27.7 Å². The highest BCUT2D eigenvalue weighted by Gasteiger charge is 2.15. The lowest BCUT2D eigenvalue weighted by Crippen LogP contribution is -2.35. The summed E-state index contributed by atoms with van der Waals surface area (Å²) in [5, 5.41) is 0. The van der Waals surface area contributed by atoms with Crippen molar-refractivity contribution in [1.82, 2.24) is 4.67 Å². The third kappa shape index (κ3) is 3.48. The van der Waals surface area contributed by atoms with Crippen LogP contribution in [0, 0.1) is 0 Å². The minimum absolute atomic E-state index is 0.263. The Morgan fingerprint density at radius 1 is 1.18 bits per heavy atom. The van der Waals surface area contributed by atoms with Gasteiger partial charge in [-0.3, -0.25) is 4.67 Å². The summed E-state index contributed by atoms with van der Waals surface area (Å²) in [4.78, 5) is 11.2. The normalized spacial score (nSPS) is 15.0. The number of hydrogen-bond acceptors (Lipinski definition) is 3. The first-order chi connectivity index (χ1) is 5.00. The third-order valence-electron chi connectivity index (χ3n) is 1.40. The Morgan fingerprint density at radius 2 is 1.55 bits per heavy atom. The summed E-state index contributed by atoms with van der Waals surface area (Å²) < 4.78 is 6.61. The van der Waals surface area contributed by atoms with Gasteiger partial charge in [0.2, 0.25) is 0 Å². The van der Waals surface area contributed by atoms with Gasteiger partial charge in [-0.2, -0.15) is 0 Å². The molecule has 11 heavy (non-hydrogen) atoms. The second-order valence-corrected chi connectivity index (χ2v) is 4.29. The van der Waals surface area contributed by atoms with Crippen LogP contribution in [-0.2, 0) is 4.52 Å². The summed E-state index contributed by atoms with van der Waals surface area (Å²) in [6.07, 6.45) is 0. The van der Waals surface area contributed by atoms with Gasteiger partial charge >= 0.3 is 0 Å². The fraction of sp³-hybridized carbons (Fsp3) is 1.00. The minimum Gasteiger partial charge on any atom is -0.796 e. The van der Waals surface area contributed by atoms with Crippen molar-refractivity contribution in [3.05, 3.63) is 0 Å². The standard InChI is InChI=1S/C7H17NO2P/c1-6(2)8(7(3)4)11(9)10-5/h6-7H,1-5H3/q-1. The van der Waals surface area contributed by atoms with Gasteiger partial charge in [0.1, 0.15) is 0 Å². The summed E-state index contributed by atoms with van der Waals surface area (Å²) in [5.41, 5.74) is 0. The molecule has 4 heteroatoms. The van der Waals surface area contributed by atoms with Gasteiger partial charge in [-0.25, -0.2) is 0 Å². The first-order valence-electron chi connectivity index (χ1n) is 3.80. The molecule has 0 aliphatic rings. The molecule has 0 N–H and O–H groups in total. The van der Waals surface area contributed by atoms with Crippen molar-refractivity contribution in [3.8, 4) is 0 Å². The van der Waals surface area contributed by atoms with E-state index in [1.807, 2.05) is 32.4 Å². The molecule has 0 bridgehead atoms. The Hall–Kier alpha value is 0.310. The monoisotopic (exact) mass is 178 g/mol. The number of hydrogen-bond donors (Lipinski definition) is 0. The highest BCUT2D eigenvalue weighted by Crippen LogP contribution is 2.34. The molecule has 1 atom stereocenters. The fourth-order valence-electron chi connectivity index (χ4n) is 1.07. The maximum atomic E-state index is 11.2. The molecular weight excluding hydrogens is 161 g/mol. The van der Waals surface area contributed by atoms with E-state index in [2.05, 4.69) is 0 Å². The number of rotatable bonds is 4. The van der Waals surface area contributed by atoms with Crippen LogP contribution in [-0.4, -0.2) is 23.9 Å². The molecule has 0 rings (SSSR count). The molecule has 3 nitrogen and oxygen atoms in total. The molecule has 0 amide bonds. The fourth-order valence-corrected chi connectivity index (χ4v) is 2.01. The van der Waals surface area contributed by atoms with Crippen molar-refractivity contribution >= 4 is 8.53 Å². The molecule has 0 aliphatic carbocycles. The Kier molecular flexibility index (Phi) is 5.19. The van der Waals surface area contributed by atoms with Crippen molar-refractivity contribution in [2.24, 2.45) is 0 Å². The summed E-state index contributed by atoms with van der Waals surface area (Å²) in [6, 6.07) is 0.525. The van der Waals surface area contributed by atoms with Crippen LogP contribution in [0.1, 0.15) is 27.7 Å².